The standard InChI is InChI=1S/C18H16F2N4O3S2/c19-18(20)29(26,27)13-3-1-12(2-4-13)17(25)24-8-6-23(7-9-24)15-14-5-10-28-16(14)22-11-21-15/h1-5,10-11,18H,6-9H2. The van der Waals surface area contributed by atoms with Crippen molar-refractivity contribution in [2.45, 2.75) is 10.7 Å². The topological polar surface area (TPSA) is 83.5 Å². The van der Waals surface area contributed by atoms with Gasteiger partial charge in [0.05, 0.1) is 10.3 Å². The quantitative estimate of drug-likeness (QED) is 0.623. The fourth-order valence-electron chi connectivity index (χ4n) is 3.22. The van der Waals surface area contributed by atoms with E-state index in [9.17, 15) is 22.0 Å². The lowest BCUT2D eigenvalue weighted by atomic mass is 10.2. The first kappa shape index (κ1) is 19.6. The van der Waals surface area contributed by atoms with Crippen molar-refractivity contribution in [1.29, 1.82) is 0 Å². The summed E-state index contributed by atoms with van der Waals surface area (Å²) in [4.78, 5) is 25.5. The predicted octanol–water partition coefficient (Wildman–Crippen LogP) is 2.65. The second-order valence-corrected chi connectivity index (χ2v) is 9.26. The Morgan fingerprint density at radius 2 is 1.72 bits per heavy atom. The summed E-state index contributed by atoms with van der Waals surface area (Å²) in [6.45, 7) is 2.11. The zero-order valence-electron chi connectivity index (χ0n) is 15.0. The van der Waals surface area contributed by atoms with Crippen molar-refractivity contribution in [1.82, 2.24) is 14.9 Å². The van der Waals surface area contributed by atoms with Gasteiger partial charge in [0.2, 0.25) is 9.84 Å². The zero-order valence-corrected chi connectivity index (χ0v) is 16.7. The van der Waals surface area contributed by atoms with E-state index < -0.39 is 20.5 Å². The van der Waals surface area contributed by atoms with Crippen LogP contribution in [0.25, 0.3) is 10.2 Å². The maximum atomic E-state index is 12.7. The lowest BCUT2D eigenvalue weighted by molar-refractivity contribution is 0.0746. The number of benzene rings is 1. The van der Waals surface area contributed by atoms with Crippen LogP contribution < -0.4 is 4.90 Å². The highest BCUT2D eigenvalue weighted by molar-refractivity contribution is 7.91. The van der Waals surface area contributed by atoms with Crippen molar-refractivity contribution in [2.24, 2.45) is 0 Å². The van der Waals surface area contributed by atoms with E-state index in [4.69, 9.17) is 0 Å². The maximum Gasteiger partial charge on any atom is 0.341 e. The lowest BCUT2D eigenvalue weighted by Gasteiger charge is -2.35. The molecule has 3 aromatic rings. The summed E-state index contributed by atoms with van der Waals surface area (Å²) in [5, 5.41) is 2.94. The minimum atomic E-state index is -4.67. The number of aromatic nitrogens is 2. The number of carbonyl (C=O) groups excluding carboxylic acids is 1. The highest BCUT2D eigenvalue weighted by Crippen LogP contribution is 2.27. The van der Waals surface area contributed by atoms with Crippen LogP contribution in [0.4, 0.5) is 14.6 Å². The van der Waals surface area contributed by atoms with Gasteiger partial charge < -0.3 is 9.80 Å². The first-order valence-corrected chi connectivity index (χ1v) is 11.1. The van der Waals surface area contributed by atoms with Gasteiger partial charge in [0, 0.05) is 31.7 Å². The normalized spacial score (nSPS) is 15.3. The highest BCUT2D eigenvalue weighted by Gasteiger charge is 2.28. The summed E-state index contributed by atoms with van der Waals surface area (Å²) in [6, 6.07) is 6.59. The number of piperazine rings is 1. The van der Waals surface area contributed by atoms with Gasteiger partial charge in [0.25, 0.3) is 5.91 Å². The summed E-state index contributed by atoms with van der Waals surface area (Å²) in [7, 11) is -4.67. The minimum absolute atomic E-state index is 0.258. The Morgan fingerprint density at radius 3 is 2.38 bits per heavy atom. The summed E-state index contributed by atoms with van der Waals surface area (Å²) in [5.74, 6) is -2.92. The number of amides is 1. The third-order valence-corrected chi connectivity index (χ3v) is 6.99. The third-order valence-electron chi connectivity index (χ3n) is 4.77. The molecule has 1 saturated heterocycles. The molecule has 0 spiro atoms. The van der Waals surface area contributed by atoms with Crippen LogP contribution >= 0.6 is 11.3 Å². The van der Waals surface area contributed by atoms with Crippen LogP contribution in [0.3, 0.4) is 0 Å². The van der Waals surface area contributed by atoms with Gasteiger partial charge in [-0.15, -0.1) is 11.3 Å². The van der Waals surface area contributed by atoms with Gasteiger partial charge in [0.1, 0.15) is 17.0 Å². The molecule has 0 N–H and O–H groups in total. The number of alkyl halides is 2. The maximum absolute atomic E-state index is 12.7. The largest absolute Gasteiger partial charge is 0.352 e. The monoisotopic (exact) mass is 438 g/mol. The SMILES string of the molecule is O=C(c1ccc(S(=O)(=O)C(F)F)cc1)N1CCN(c2ncnc3sccc23)CC1. The second-order valence-electron chi connectivity index (χ2n) is 6.45. The van der Waals surface area contributed by atoms with Crippen molar-refractivity contribution in [3.05, 3.63) is 47.6 Å². The molecule has 0 atom stereocenters. The van der Waals surface area contributed by atoms with Crippen molar-refractivity contribution >= 4 is 43.1 Å². The van der Waals surface area contributed by atoms with Gasteiger partial charge in [0.15, 0.2) is 0 Å². The summed E-state index contributed by atoms with van der Waals surface area (Å²) < 4.78 is 48.2. The molecule has 1 amide bonds. The molecule has 1 aromatic carbocycles. The minimum Gasteiger partial charge on any atom is -0.352 e. The van der Waals surface area contributed by atoms with Gasteiger partial charge in [-0.25, -0.2) is 18.4 Å². The van der Waals surface area contributed by atoms with Crippen molar-refractivity contribution in [3.63, 3.8) is 0 Å². The molecule has 0 saturated carbocycles. The number of fused-ring (bicyclic) bond motifs is 1. The zero-order chi connectivity index (χ0) is 20.6. The van der Waals surface area contributed by atoms with Gasteiger partial charge in [-0.3, -0.25) is 4.79 Å². The van der Waals surface area contributed by atoms with Crippen LogP contribution in [0.1, 0.15) is 10.4 Å². The average molecular weight is 438 g/mol. The molecular weight excluding hydrogens is 422 g/mol. The summed E-state index contributed by atoms with van der Waals surface area (Å²) >= 11 is 1.54. The predicted molar refractivity (Wildman–Crippen MR) is 105 cm³/mol. The van der Waals surface area contributed by atoms with Crippen LogP contribution in [-0.2, 0) is 9.84 Å². The van der Waals surface area contributed by atoms with Gasteiger partial charge in [-0.2, -0.15) is 8.78 Å². The molecule has 1 aliphatic heterocycles. The van der Waals surface area contributed by atoms with E-state index in [1.807, 2.05) is 11.4 Å². The van der Waals surface area contributed by atoms with Crippen molar-refractivity contribution in [2.75, 3.05) is 31.1 Å². The fraction of sp³-hybridized carbons (Fsp3) is 0.278. The Labute approximate surface area is 169 Å². The van der Waals surface area contributed by atoms with Gasteiger partial charge in [-0.1, -0.05) is 0 Å². The number of hydrogen-bond donors (Lipinski definition) is 0. The molecular formula is C18H16F2N4O3S2. The number of nitrogens with zero attached hydrogens (tertiary/aromatic N) is 4. The van der Waals surface area contributed by atoms with Crippen LogP contribution in [0.15, 0.2) is 46.9 Å². The number of thiophene rings is 1. The molecule has 29 heavy (non-hydrogen) atoms. The molecule has 0 radical (unpaired) electrons. The fourth-order valence-corrected chi connectivity index (χ4v) is 4.67. The molecule has 4 rings (SSSR count). The molecule has 1 fully saturated rings. The smallest absolute Gasteiger partial charge is 0.341 e. The number of anilines is 1. The van der Waals surface area contributed by atoms with E-state index in [1.165, 1.54) is 18.5 Å². The number of carbonyl (C=O) groups is 1. The lowest BCUT2D eigenvalue weighted by Crippen LogP contribution is -2.49. The first-order valence-electron chi connectivity index (χ1n) is 8.72. The second kappa shape index (κ2) is 7.64. The van der Waals surface area contributed by atoms with E-state index >= 15 is 0 Å². The molecule has 1 aliphatic rings. The molecule has 3 heterocycles. The Kier molecular flexibility index (Phi) is 5.17. The van der Waals surface area contributed by atoms with Crippen LogP contribution in [-0.4, -0.2) is 61.1 Å². The molecule has 7 nitrogen and oxygen atoms in total. The molecule has 2 aromatic heterocycles. The van der Waals surface area contributed by atoms with E-state index in [0.717, 1.165) is 28.2 Å². The van der Waals surface area contributed by atoms with Crippen LogP contribution in [0.5, 0.6) is 0 Å². The van der Waals surface area contributed by atoms with Crippen molar-refractivity contribution in [3.8, 4) is 0 Å². The summed E-state index contributed by atoms with van der Waals surface area (Å²) in [6.07, 6.45) is 1.53. The first-order chi connectivity index (χ1) is 13.9. The van der Waals surface area contributed by atoms with Crippen LogP contribution in [0.2, 0.25) is 0 Å². The summed E-state index contributed by atoms with van der Waals surface area (Å²) in [5.41, 5.74) is 0.258. The Hall–Kier alpha value is -2.66. The Morgan fingerprint density at radius 1 is 1.03 bits per heavy atom. The Balaban J connectivity index is 1.45. The molecule has 0 unspecified atom stereocenters. The average Bonchev–Trinajstić information content (AvgIpc) is 3.22. The van der Waals surface area contributed by atoms with Crippen LogP contribution in [0, 0.1) is 0 Å². The third kappa shape index (κ3) is 3.67. The van der Waals surface area contributed by atoms with Crippen molar-refractivity contribution < 1.29 is 22.0 Å². The molecule has 0 aliphatic carbocycles. The number of halogens is 2. The van der Waals surface area contributed by atoms with E-state index in [2.05, 4.69) is 14.9 Å². The number of sulfone groups is 1. The molecule has 152 valence electrons. The van der Waals surface area contributed by atoms with E-state index in [0.29, 0.717) is 26.2 Å². The van der Waals surface area contributed by atoms with E-state index in [1.54, 1.807) is 16.2 Å². The number of hydrogen-bond acceptors (Lipinski definition) is 7. The van der Waals surface area contributed by atoms with Gasteiger partial charge in [-0.05, 0) is 35.7 Å². The highest BCUT2D eigenvalue weighted by atomic mass is 32.2. The van der Waals surface area contributed by atoms with Gasteiger partial charge >= 0.3 is 5.76 Å². The molecule has 0 bridgehead atoms. The number of rotatable bonds is 4. The van der Waals surface area contributed by atoms with E-state index in [-0.39, 0.29) is 11.5 Å². The Bertz CT molecular complexity index is 1140. The molecule has 11 heteroatoms.